The molecule has 4 aromatic carbocycles. The van der Waals surface area contributed by atoms with Crippen LogP contribution in [-0.2, 0) is 15.6 Å². The van der Waals surface area contributed by atoms with Gasteiger partial charge in [-0.3, -0.25) is 0 Å². The minimum absolute atomic E-state index is 0.277. The third-order valence-corrected chi connectivity index (χ3v) is 6.84. The molecule has 4 rings (SSSR count). The largest absolute Gasteiger partial charge is 0.241 e. The quantitative estimate of drug-likeness (QED) is 0.465. The monoisotopic (exact) mass is 401 g/mol. The minimum Gasteiger partial charge on any atom is -0.207 e. The van der Waals surface area contributed by atoms with E-state index >= 15 is 0 Å². The first-order valence-electron chi connectivity index (χ1n) is 9.54. The highest BCUT2D eigenvalue weighted by Gasteiger charge is 2.29. The zero-order valence-electron chi connectivity index (χ0n) is 16.5. The van der Waals surface area contributed by atoms with E-state index in [2.05, 4.69) is 4.72 Å². The first-order valence-corrected chi connectivity index (χ1v) is 11.0. The average molecular weight is 402 g/mol. The van der Waals surface area contributed by atoms with Crippen molar-refractivity contribution in [3.63, 3.8) is 0 Å². The Labute approximate surface area is 172 Å². The minimum atomic E-state index is -3.75. The third-order valence-electron chi connectivity index (χ3n) is 5.12. The van der Waals surface area contributed by atoms with Gasteiger partial charge in [-0.15, -0.1) is 0 Å². The lowest BCUT2D eigenvalue weighted by Gasteiger charge is -2.27. The summed E-state index contributed by atoms with van der Waals surface area (Å²) in [5.41, 5.74) is 1.74. The van der Waals surface area contributed by atoms with Gasteiger partial charge < -0.3 is 0 Å². The number of nitrogens with one attached hydrogen (secondary N) is 1. The second-order valence-electron chi connectivity index (χ2n) is 7.65. The summed E-state index contributed by atoms with van der Waals surface area (Å²) < 4.78 is 29.6. The standard InChI is InChI=1S/C25H23NO2S/c1-25(2,22-12-4-3-5-13-22)26-29(27,28)24-15-9-8-14-23(24)21-17-16-19-10-6-7-11-20(19)18-21/h3-18,26H,1-2H3. The molecule has 1 N–H and O–H groups in total. The van der Waals surface area contributed by atoms with E-state index in [0.717, 1.165) is 21.9 Å². The van der Waals surface area contributed by atoms with Crippen molar-refractivity contribution in [2.24, 2.45) is 0 Å². The Morgan fingerprint density at radius 3 is 2.07 bits per heavy atom. The second-order valence-corrected chi connectivity index (χ2v) is 9.31. The molecule has 0 radical (unpaired) electrons. The summed E-state index contributed by atoms with van der Waals surface area (Å²) in [7, 11) is -3.75. The van der Waals surface area contributed by atoms with Crippen LogP contribution in [0.2, 0.25) is 0 Å². The molecule has 0 heterocycles. The molecule has 0 saturated carbocycles. The van der Waals surface area contributed by atoms with Gasteiger partial charge in [-0.1, -0.05) is 84.9 Å². The van der Waals surface area contributed by atoms with Gasteiger partial charge in [0.25, 0.3) is 0 Å². The van der Waals surface area contributed by atoms with Crippen molar-refractivity contribution in [3.05, 3.63) is 103 Å². The smallest absolute Gasteiger partial charge is 0.207 e. The third kappa shape index (κ3) is 3.95. The second kappa shape index (κ2) is 7.47. The van der Waals surface area contributed by atoms with Gasteiger partial charge in [-0.25, -0.2) is 13.1 Å². The van der Waals surface area contributed by atoms with Crippen LogP contribution in [0.3, 0.4) is 0 Å². The van der Waals surface area contributed by atoms with Gasteiger partial charge in [-0.2, -0.15) is 0 Å². The number of sulfonamides is 1. The van der Waals surface area contributed by atoms with Gasteiger partial charge in [0.2, 0.25) is 10.0 Å². The zero-order valence-corrected chi connectivity index (χ0v) is 17.3. The predicted molar refractivity (Wildman–Crippen MR) is 119 cm³/mol. The van der Waals surface area contributed by atoms with E-state index in [1.165, 1.54) is 0 Å². The summed E-state index contributed by atoms with van der Waals surface area (Å²) >= 11 is 0. The topological polar surface area (TPSA) is 46.2 Å². The Kier molecular flexibility index (Phi) is 4.99. The van der Waals surface area contributed by atoms with Crippen LogP contribution in [0, 0.1) is 0 Å². The molecule has 0 spiro atoms. The summed E-state index contributed by atoms with van der Waals surface area (Å²) in [6, 6.07) is 30.8. The van der Waals surface area contributed by atoms with Crippen LogP contribution in [0.5, 0.6) is 0 Å². The van der Waals surface area contributed by atoms with Gasteiger partial charge in [-0.05, 0) is 47.9 Å². The van der Waals surface area contributed by atoms with E-state index in [9.17, 15) is 8.42 Å². The van der Waals surface area contributed by atoms with Gasteiger partial charge in [0, 0.05) is 5.56 Å². The first kappa shape index (κ1) is 19.4. The molecule has 0 aliphatic rings. The Morgan fingerprint density at radius 2 is 1.31 bits per heavy atom. The molecule has 29 heavy (non-hydrogen) atoms. The summed E-state index contributed by atoms with van der Waals surface area (Å²) in [6.45, 7) is 3.75. The molecule has 3 nitrogen and oxygen atoms in total. The van der Waals surface area contributed by atoms with Gasteiger partial charge in [0.1, 0.15) is 0 Å². The highest BCUT2D eigenvalue weighted by molar-refractivity contribution is 7.89. The fourth-order valence-electron chi connectivity index (χ4n) is 3.60. The molecular formula is C25H23NO2S. The number of hydrogen-bond donors (Lipinski definition) is 1. The molecule has 146 valence electrons. The molecule has 0 saturated heterocycles. The van der Waals surface area contributed by atoms with E-state index in [4.69, 9.17) is 0 Å². The van der Waals surface area contributed by atoms with Crippen molar-refractivity contribution >= 4 is 20.8 Å². The highest BCUT2D eigenvalue weighted by Crippen LogP contribution is 2.31. The van der Waals surface area contributed by atoms with Crippen LogP contribution in [0.1, 0.15) is 19.4 Å². The van der Waals surface area contributed by atoms with E-state index in [0.29, 0.717) is 5.56 Å². The normalized spacial score (nSPS) is 12.2. The van der Waals surface area contributed by atoms with Gasteiger partial charge in [0.15, 0.2) is 0 Å². The lowest BCUT2D eigenvalue weighted by molar-refractivity contribution is 0.472. The fourth-order valence-corrected chi connectivity index (χ4v) is 5.23. The van der Waals surface area contributed by atoms with Crippen LogP contribution < -0.4 is 4.72 Å². The molecular weight excluding hydrogens is 378 g/mol. The molecule has 0 fully saturated rings. The van der Waals surface area contributed by atoms with Crippen LogP contribution in [0.25, 0.3) is 21.9 Å². The summed E-state index contributed by atoms with van der Waals surface area (Å²) in [6.07, 6.45) is 0. The molecule has 0 bridgehead atoms. The van der Waals surface area contributed by atoms with Crippen molar-refractivity contribution in [1.82, 2.24) is 4.72 Å². The number of rotatable bonds is 5. The maximum absolute atomic E-state index is 13.4. The molecule has 0 aliphatic carbocycles. The van der Waals surface area contributed by atoms with E-state index in [1.54, 1.807) is 12.1 Å². The Bertz CT molecular complexity index is 1260. The highest BCUT2D eigenvalue weighted by atomic mass is 32.2. The fraction of sp³-hybridized carbons (Fsp3) is 0.120. The molecule has 0 aliphatic heterocycles. The van der Waals surface area contributed by atoms with Crippen molar-refractivity contribution in [2.45, 2.75) is 24.3 Å². The SMILES string of the molecule is CC(C)(NS(=O)(=O)c1ccccc1-c1ccc2ccccc2c1)c1ccccc1. The number of fused-ring (bicyclic) bond motifs is 1. The maximum Gasteiger partial charge on any atom is 0.241 e. The number of hydrogen-bond acceptors (Lipinski definition) is 2. The van der Waals surface area contributed by atoms with Crippen molar-refractivity contribution in [1.29, 1.82) is 0 Å². The van der Waals surface area contributed by atoms with Crippen LogP contribution in [0.15, 0.2) is 102 Å². The van der Waals surface area contributed by atoms with Crippen LogP contribution in [0.4, 0.5) is 0 Å². The Hall–Kier alpha value is -2.95. The lowest BCUT2D eigenvalue weighted by Crippen LogP contribution is -2.41. The Morgan fingerprint density at radius 1 is 0.690 bits per heavy atom. The predicted octanol–water partition coefficient (Wildman–Crippen LogP) is 5.72. The van der Waals surface area contributed by atoms with Crippen LogP contribution in [-0.4, -0.2) is 8.42 Å². The molecule has 0 amide bonds. The van der Waals surface area contributed by atoms with Gasteiger partial charge in [0.05, 0.1) is 10.4 Å². The Balaban J connectivity index is 1.77. The molecule has 0 aromatic heterocycles. The summed E-state index contributed by atoms with van der Waals surface area (Å²) in [5, 5.41) is 2.20. The van der Waals surface area contributed by atoms with E-state index in [-0.39, 0.29) is 4.90 Å². The molecule has 4 aromatic rings. The summed E-state index contributed by atoms with van der Waals surface area (Å²) in [4.78, 5) is 0.277. The van der Waals surface area contributed by atoms with E-state index in [1.807, 2.05) is 98.8 Å². The lowest BCUT2D eigenvalue weighted by atomic mass is 9.96. The molecule has 0 unspecified atom stereocenters. The van der Waals surface area contributed by atoms with E-state index < -0.39 is 15.6 Å². The molecule has 4 heteroatoms. The molecule has 0 atom stereocenters. The van der Waals surface area contributed by atoms with Gasteiger partial charge >= 0.3 is 0 Å². The average Bonchev–Trinajstić information content (AvgIpc) is 2.73. The van der Waals surface area contributed by atoms with Crippen LogP contribution >= 0.6 is 0 Å². The summed E-state index contributed by atoms with van der Waals surface area (Å²) in [5.74, 6) is 0. The first-order chi connectivity index (χ1) is 13.9. The number of benzene rings is 4. The van der Waals surface area contributed by atoms with Crippen molar-refractivity contribution < 1.29 is 8.42 Å². The van der Waals surface area contributed by atoms with Crippen molar-refractivity contribution in [2.75, 3.05) is 0 Å². The zero-order chi connectivity index (χ0) is 20.5. The maximum atomic E-state index is 13.4. The van der Waals surface area contributed by atoms with Crippen molar-refractivity contribution in [3.8, 4) is 11.1 Å².